The normalized spacial score (nSPS) is 20.2. The largest absolute Gasteiger partial charge is 0.507 e. The highest BCUT2D eigenvalue weighted by molar-refractivity contribution is 6.30. The van der Waals surface area contributed by atoms with Gasteiger partial charge in [0.1, 0.15) is 24.9 Å². The number of phenolic OH excluding ortho intramolecular Hbond substituents is 1. The summed E-state index contributed by atoms with van der Waals surface area (Å²) in [5.41, 5.74) is 0.880. The highest BCUT2D eigenvalue weighted by Crippen LogP contribution is 2.20. The Morgan fingerprint density at radius 1 is 1.50 bits per heavy atom. The summed E-state index contributed by atoms with van der Waals surface area (Å²) < 4.78 is 5.53. The van der Waals surface area contributed by atoms with Gasteiger partial charge in [-0.05, 0) is 31.0 Å². The molecule has 1 aromatic carbocycles. The van der Waals surface area contributed by atoms with E-state index in [2.05, 4.69) is 5.32 Å². The van der Waals surface area contributed by atoms with Gasteiger partial charge in [0, 0.05) is 17.2 Å². The van der Waals surface area contributed by atoms with E-state index in [1.807, 2.05) is 6.07 Å². The number of halogens is 1. The number of benzene rings is 1. The van der Waals surface area contributed by atoms with Crippen molar-refractivity contribution < 1.29 is 15.2 Å². The van der Waals surface area contributed by atoms with Gasteiger partial charge in [-0.15, -0.1) is 0 Å². The molecular weight excluding hydrogens is 226 g/mol. The summed E-state index contributed by atoms with van der Waals surface area (Å²) in [4.78, 5) is 0. The first-order valence-electron chi connectivity index (χ1n) is 5.66. The van der Waals surface area contributed by atoms with Crippen molar-refractivity contribution in [2.75, 3.05) is 13.2 Å². The minimum Gasteiger partial charge on any atom is -0.507 e. The van der Waals surface area contributed by atoms with Gasteiger partial charge in [0.15, 0.2) is 0 Å². The van der Waals surface area contributed by atoms with Crippen LogP contribution in [0.2, 0.25) is 5.02 Å². The van der Waals surface area contributed by atoms with Crippen LogP contribution in [0.5, 0.6) is 5.75 Å². The number of hydrogen-bond acceptors (Lipinski definition) is 2. The van der Waals surface area contributed by atoms with E-state index in [9.17, 15) is 5.11 Å². The molecule has 16 heavy (non-hydrogen) atoms. The summed E-state index contributed by atoms with van der Waals surface area (Å²) in [6.45, 7) is 2.58. The summed E-state index contributed by atoms with van der Waals surface area (Å²) in [5.74, 6) is 0.313. The number of ether oxygens (including phenoxy) is 1. The predicted octanol–water partition coefficient (Wildman–Crippen LogP) is 1.29. The van der Waals surface area contributed by atoms with Crippen molar-refractivity contribution in [2.24, 2.45) is 0 Å². The van der Waals surface area contributed by atoms with Gasteiger partial charge < -0.3 is 15.2 Å². The van der Waals surface area contributed by atoms with E-state index in [1.54, 1.807) is 12.1 Å². The summed E-state index contributed by atoms with van der Waals surface area (Å²) in [7, 11) is 0. The molecule has 88 valence electrons. The van der Waals surface area contributed by atoms with Crippen molar-refractivity contribution in [3.8, 4) is 5.75 Å². The van der Waals surface area contributed by atoms with Crippen LogP contribution in [-0.2, 0) is 11.3 Å². The molecule has 2 rings (SSSR count). The number of phenols is 1. The topological polar surface area (TPSA) is 46.1 Å². The molecule has 0 saturated carbocycles. The summed E-state index contributed by atoms with van der Waals surface area (Å²) in [6.07, 6.45) is 2.69. The van der Waals surface area contributed by atoms with Gasteiger partial charge in [0.05, 0.1) is 0 Å². The number of aromatic hydroxyl groups is 1. The Bertz CT molecular complexity index is 351. The summed E-state index contributed by atoms with van der Waals surface area (Å²) in [5, 5.41) is 12.4. The molecule has 1 aliphatic rings. The molecule has 1 saturated heterocycles. The van der Waals surface area contributed by atoms with Crippen LogP contribution in [0.15, 0.2) is 18.2 Å². The van der Waals surface area contributed by atoms with E-state index in [0.717, 1.165) is 31.7 Å². The zero-order valence-corrected chi connectivity index (χ0v) is 9.91. The summed E-state index contributed by atoms with van der Waals surface area (Å²) in [6, 6.07) is 5.14. The quantitative estimate of drug-likeness (QED) is 0.836. The molecule has 1 fully saturated rings. The summed E-state index contributed by atoms with van der Waals surface area (Å²) >= 11 is 5.87. The molecule has 4 heteroatoms. The van der Waals surface area contributed by atoms with E-state index in [1.165, 1.54) is 6.42 Å². The number of quaternary nitrogens is 1. The van der Waals surface area contributed by atoms with Gasteiger partial charge >= 0.3 is 0 Å². The van der Waals surface area contributed by atoms with Gasteiger partial charge in [-0.25, -0.2) is 0 Å². The smallest absolute Gasteiger partial charge is 0.124 e. The van der Waals surface area contributed by atoms with Crippen LogP contribution >= 0.6 is 11.6 Å². The van der Waals surface area contributed by atoms with E-state index < -0.39 is 0 Å². The lowest BCUT2D eigenvalue weighted by Gasteiger charge is -2.08. The van der Waals surface area contributed by atoms with Gasteiger partial charge in [0.25, 0.3) is 0 Å². The van der Waals surface area contributed by atoms with Gasteiger partial charge in [-0.3, -0.25) is 0 Å². The van der Waals surface area contributed by atoms with E-state index in [4.69, 9.17) is 16.3 Å². The first-order valence-corrected chi connectivity index (χ1v) is 6.04. The highest BCUT2D eigenvalue weighted by atomic mass is 35.5. The minimum atomic E-state index is 0.313. The Morgan fingerprint density at radius 3 is 3.12 bits per heavy atom. The van der Waals surface area contributed by atoms with Crippen molar-refractivity contribution in [1.29, 1.82) is 0 Å². The lowest BCUT2D eigenvalue weighted by atomic mass is 10.2. The first-order chi connectivity index (χ1) is 7.75. The fourth-order valence-corrected chi connectivity index (χ4v) is 2.17. The van der Waals surface area contributed by atoms with Crippen LogP contribution in [0.4, 0.5) is 0 Å². The molecule has 0 aliphatic carbocycles. The van der Waals surface area contributed by atoms with Gasteiger partial charge in [-0.1, -0.05) is 11.6 Å². The average molecular weight is 243 g/mol. The van der Waals surface area contributed by atoms with Crippen LogP contribution in [0.25, 0.3) is 0 Å². The molecule has 3 N–H and O–H groups in total. The fourth-order valence-electron chi connectivity index (χ4n) is 1.97. The highest BCUT2D eigenvalue weighted by Gasteiger charge is 2.17. The number of hydrogen-bond donors (Lipinski definition) is 2. The zero-order valence-electron chi connectivity index (χ0n) is 9.16. The van der Waals surface area contributed by atoms with E-state index in [0.29, 0.717) is 16.9 Å². The molecular formula is C12H17ClNO2+. The van der Waals surface area contributed by atoms with E-state index in [-0.39, 0.29) is 0 Å². The molecule has 0 aromatic heterocycles. The van der Waals surface area contributed by atoms with E-state index >= 15 is 0 Å². The molecule has 1 heterocycles. The van der Waals surface area contributed by atoms with Gasteiger partial charge in [0.2, 0.25) is 0 Å². The monoisotopic (exact) mass is 242 g/mol. The minimum absolute atomic E-state index is 0.313. The van der Waals surface area contributed by atoms with Crippen molar-refractivity contribution in [3.63, 3.8) is 0 Å². The Labute approximate surface area is 100 Å². The number of rotatable bonds is 4. The first kappa shape index (κ1) is 11.7. The van der Waals surface area contributed by atoms with Crippen molar-refractivity contribution in [3.05, 3.63) is 28.8 Å². The second kappa shape index (κ2) is 5.53. The Morgan fingerprint density at radius 2 is 2.38 bits per heavy atom. The molecule has 0 amide bonds. The Balaban J connectivity index is 1.82. The van der Waals surface area contributed by atoms with Crippen LogP contribution < -0.4 is 5.32 Å². The molecule has 0 unspecified atom stereocenters. The van der Waals surface area contributed by atoms with Crippen LogP contribution in [0, 0.1) is 0 Å². The molecule has 0 spiro atoms. The second-order valence-corrected chi connectivity index (χ2v) is 4.57. The molecule has 1 aromatic rings. The fraction of sp³-hybridized carbons (Fsp3) is 0.500. The lowest BCUT2D eigenvalue weighted by molar-refractivity contribution is -0.676. The zero-order chi connectivity index (χ0) is 11.4. The molecule has 0 radical (unpaired) electrons. The lowest BCUT2D eigenvalue weighted by Crippen LogP contribution is -2.84. The van der Waals surface area contributed by atoms with Crippen molar-refractivity contribution in [1.82, 2.24) is 0 Å². The van der Waals surface area contributed by atoms with Gasteiger partial charge in [-0.2, -0.15) is 0 Å². The second-order valence-electron chi connectivity index (χ2n) is 4.14. The Hall–Kier alpha value is -0.770. The third-order valence-corrected chi connectivity index (χ3v) is 3.09. The SMILES string of the molecule is Oc1ccc(Cl)cc1C[NH2+]C[C@@H]1CCCO1. The predicted molar refractivity (Wildman–Crippen MR) is 62.6 cm³/mol. The molecule has 0 bridgehead atoms. The third-order valence-electron chi connectivity index (χ3n) is 2.86. The van der Waals surface area contributed by atoms with Crippen molar-refractivity contribution >= 4 is 11.6 Å². The Kier molecular flexibility index (Phi) is 4.04. The maximum atomic E-state index is 9.62. The standard InChI is InChI=1S/C12H16ClNO2/c13-10-3-4-12(15)9(6-10)7-14-8-11-2-1-5-16-11/h3-4,6,11,14-15H,1-2,5,7-8H2/p+1/t11-/m0/s1. The number of nitrogens with two attached hydrogens (primary N) is 1. The molecule has 1 atom stereocenters. The maximum Gasteiger partial charge on any atom is 0.124 e. The maximum absolute atomic E-state index is 9.62. The third kappa shape index (κ3) is 3.11. The van der Waals surface area contributed by atoms with Crippen LogP contribution in [0.3, 0.4) is 0 Å². The van der Waals surface area contributed by atoms with Crippen molar-refractivity contribution in [2.45, 2.75) is 25.5 Å². The molecule has 1 aliphatic heterocycles. The average Bonchev–Trinajstić information content (AvgIpc) is 2.76. The van der Waals surface area contributed by atoms with Crippen LogP contribution in [0.1, 0.15) is 18.4 Å². The molecule has 3 nitrogen and oxygen atoms in total. The van der Waals surface area contributed by atoms with Crippen LogP contribution in [-0.4, -0.2) is 24.4 Å².